The van der Waals surface area contributed by atoms with E-state index in [1.165, 1.54) is 0 Å². The summed E-state index contributed by atoms with van der Waals surface area (Å²) in [6.07, 6.45) is 3.79. The van der Waals surface area contributed by atoms with Gasteiger partial charge < -0.3 is 19.9 Å². The Balaban J connectivity index is 1.68. The molecule has 1 aromatic carbocycles. The van der Waals surface area contributed by atoms with E-state index < -0.39 is 17.8 Å². The van der Waals surface area contributed by atoms with E-state index in [-0.39, 0.29) is 17.7 Å². The summed E-state index contributed by atoms with van der Waals surface area (Å²) in [5, 5.41) is 12.5. The lowest BCUT2D eigenvalue weighted by Gasteiger charge is -2.45. The second kappa shape index (κ2) is 7.33. The number of carboxylic acid groups (broad SMARTS) is 1. The minimum Gasteiger partial charge on any atom is -0.493 e. The number of hydrogen-bond acceptors (Lipinski definition) is 4. The van der Waals surface area contributed by atoms with Crippen molar-refractivity contribution in [2.24, 2.45) is 23.7 Å². The monoisotopic (exact) mass is 347 g/mol. The summed E-state index contributed by atoms with van der Waals surface area (Å²) in [5.74, 6) is -0.362. The van der Waals surface area contributed by atoms with Gasteiger partial charge in [0.2, 0.25) is 5.91 Å². The molecule has 1 aromatic rings. The summed E-state index contributed by atoms with van der Waals surface area (Å²) >= 11 is 0. The van der Waals surface area contributed by atoms with Crippen LogP contribution < -0.4 is 14.8 Å². The van der Waals surface area contributed by atoms with Crippen molar-refractivity contribution in [3.05, 3.63) is 23.8 Å². The van der Waals surface area contributed by atoms with Gasteiger partial charge in [0.15, 0.2) is 11.5 Å². The smallest absolute Gasteiger partial charge is 0.307 e. The summed E-state index contributed by atoms with van der Waals surface area (Å²) < 4.78 is 10.5. The van der Waals surface area contributed by atoms with Crippen LogP contribution in [0.1, 0.15) is 31.2 Å². The fraction of sp³-hybridized carbons (Fsp3) is 0.579. The van der Waals surface area contributed by atoms with Crippen LogP contribution in [0.4, 0.5) is 0 Å². The molecule has 2 atom stereocenters. The van der Waals surface area contributed by atoms with Gasteiger partial charge in [-0.15, -0.1) is 0 Å². The van der Waals surface area contributed by atoms with E-state index in [4.69, 9.17) is 9.47 Å². The van der Waals surface area contributed by atoms with Crippen molar-refractivity contribution < 1.29 is 24.2 Å². The number of carbonyl (C=O) groups excluding carboxylic acids is 1. The summed E-state index contributed by atoms with van der Waals surface area (Å²) in [4.78, 5) is 24.4. The third kappa shape index (κ3) is 3.43. The standard InChI is InChI=1S/C19H25NO5/c1-24-14-8-3-11(9-15(14)25-2)10-20-18(21)16-12-4-6-13(7-5-12)17(16)19(22)23/h3,8-9,12-13,16-17H,4-7,10H2,1-2H3,(H,20,21)(H,22,23)/t12?,13?,16-,17+/m0/s1. The fourth-order valence-electron chi connectivity index (χ4n) is 4.48. The van der Waals surface area contributed by atoms with E-state index >= 15 is 0 Å². The second-order valence-corrected chi connectivity index (χ2v) is 6.97. The molecule has 0 spiro atoms. The fourth-order valence-corrected chi connectivity index (χ4v) is 4.48. The minimum atomic E-state index is -0.833. The molecular weight excluding hydrogens is 322 g/mol. The lowest BCUT2D eigenvalue weighted by molar-refractivity contribution is -0.158. The second-order valence-electron chi connectivity index (χ2n) is 6.97. The first-order valence-electron chi connectivity index (χ1n) is 8.76. The number of benzene rings is 1. The lowest BCUT2D eigenvalue weighted by atomic mass is 9.58. The van der Waals surface area contributed by atoms with Crippen molar-refractivity contribution in [1.82, 2.24) is 5.32 Å². The Morgan fingerprint density at radius 1 is 1.04 bits per heavy atom. The third-order valence-corrected chi connectivity index (χ3v) is 5.72. The lowest BCUT2D eigenvalue weighted by Crippen LogP contribution is -2.50. The van der Waals surface area contributed by atoms with Crippen LogP contribution >= 0.6 is 0 Å². The van der Waals surface area contributed by atoms with Crippen molar-refractivity contribution in [2.75, 3.05) is 14.2 Å². The highest BCUT2D eigenvalue weighted by Gasteiger charge is 2.50. The molecule has 3 aliphatic rings. The largest absolute Gasteiger partial charge is 0.493 e. The number of fused-ring (bicyclic) bond motifs is 3. The minimum absolute atomic E-state index is 0.138. The molecule has 6 nitrogen and oxygen atoms in total. The van der Waals surface area contributed by atoms with Crippen molar-refractivity contribution in [2.45, 2.75) is 32.2 Å². The maximum absolute atomic E-state index is 12.7. The van der Waals surface area contributed by atoms with E-state index in [1.807, 2.05) is 12.1 Å². The van der Waals surface area contributed by atoms with Gasteiger partial charge in [0.05, 0.1) is 26.1 Å². The predicted molar refractivity (Wildman–Crippen MR) is 91.5 cm³/mol. The van der Waals surface area contributed by atoms with Crippen LogP contribution in [0.3, 0.4) is 0 Å². The van der Waals surface area contributed by atoms with Crippen LogP contribution in [-0.4, -0.2) is 31.2 Å². The SMILES string of the molecule is COc1ccc(CNC(=O)[C@H]2C3CCC(CC3)[C@H]2C(=O)O)cc1OC. The maximum atomic E-state index is 12.7. The van der Waals surface area contributed by atoms with Gasteiger partial charge in [-0.25, -0.2) is 0 Å². The molecule has 3 saturated carbocycles. The van der Waals surface area contributed by atoms with Crippen LogP contribution in [0.5, 0.6) is 11.5 Å². The van der Waals surface area contributed by atoms with Crippen molar-refractivity contribution in [1.29, 1.82) is 0 Å². The molecule has 0 heterocycles. The van der Waals surface area contributed by atoms with E-state index in [2.05, 4.69) is 5.32 Å². The topological polar surface area (TPSA) is 84.9 Å². The Hall–Kier alpha value is -2.24. The highest BCUT2D eigenvalue weighted by molar-refractivity contribution is 5.85. The highest BCUT2D eigenvalue weighted by atomic mass is 16.5. The summed E-state index contributed by atoms with van der Waals surface area (Å²) in [7, 11) is 3.14. The molecule has 3 aliphatic carbocycles. The van der Waals surface area contributed by atoms with Gasteiger partial charge in [-0.05, 0) is 55.2 Å². The summed E-state index contributed by atoms with van der Waals surface area (Å²) in [6, 6.07) is 5.48. The molecule has 6 heteroatoms. The predicted octanol–water partition coefficient (Wildman–Crippen LogP) is 2.46. The number of hydrogen-bond donors (Lipinski definition) is 2. The number of amides is 1. The van der Waals surface area contributed by atoms with Crippen molar-refractivity contribution in [3.8, 4) is 11.5 Å². The number of nitrogens with one attached hydrogen (secondary N) is 1. The van der Waals surface area contributed by atoms with E-state index in [0.29, 0.717) is 18.0 Å². The molecule has 0 radical (unpaired) electrons. The number of rotatable bonds is 6. The molecule has 4 rings (SSSR count). The number of methoxy groups -OCH3 is 2. The zero-order valence-corrected chi connectivity index (χ0v) is 14.7. The quantitative estimate of drug-likeness (QED) is 0.826. The first-order valence-corrected chi connectivity index (χ1v) is 8.76. The zero-order valence-electron chi connectivity index (χ0n) is 14.7. The van der Waals surface area contributed by atoms with Gasteiger partial charge in [-0.1, -0.05) is 6.07 Å². The zero-order chi connectivity index (χ0) is 18.0. The Morgan fingerprint density at radius 3 is 2.20 bits per heavy atom. The first kappa shape index (κ1) is 17.6. The number of ether oxygens (including phenoxy) is 2. The number of carboxylic acids is 1. The molecule has 25 heavy (non-hydrogen) atoms. The Morgan fingerprint density at radius 2 is 1.64 bits per heavy atom. The molecule has 3 fully saturated rings. The first-order chi connectivity index (χ1) is 12.0. The molecule has 0 aliphatic heterocycles. The summed E-state index contributed by atoms with van der Waals surface area (Å²) in [5.41, 5.74) is 0.888. The maximum Gasteiger partial charge on any atom is 0.307 e. The van der Waals surface area contributed by atoms with Crippen molar-refractivity contribution >= 4 is 11.9 Å². The summed E-state index contributed by atoms with van der Waals surface area (Å²) in [6.45, 7) is 0.347. The number of aliphatic carboxylic acids is 1. The van der Waals surface area contributed by atoms with Crippen LogP contribution in [0, 0.1) is 23.7 Å². The normalized spacial score (nSPS) is 27.6. The van der Waals surface area contributed by atoms with Gasteiger partial charge in [0.25, 0.3) is 0 Å². The van der Waals surface area contributed by atoms with E-state index in [9.17, 15) is 14.7 Å². The molecule has 2 N–H and O–H groups in total. The van der Waals surface area contributed by atoms with E-state index in [0.717, 1.165) is 31.2 Å². The van der Waals surface area contributed by atoms with Gasteiger partial charge in [0.1, 0.15) is 0 Å². The molecule has 2 bridgehead atoms. The molecule has 1 amide bonds. The Labute approximate surface area is 147 Å². The average Bonchev–Trinajstić information content (AvgIpc) is 2.65. The Kier molecular flexibility index (Phi) is 5.16. The van der Waals surface area contributed by atoms with Crippen LogP contribution in [0.2, 0.25) is 0 Å². The van der Waals surface area contributed by atoms with E-state index in [1.54, 1.807) is 20.3 Å². The van der Waals surface area contributed by atoms with Gasteiger partial charge in [-0.2, -0.15) is 0 Å². The third-order valence-electron chi connectivity index (χ3n) is 5.72. The van der Waals surface area contributed by atoms with Gasteiger partial charge >= 0.3 is 5.97 Å². The average molecular weight is 347 g/mol. The molecule has 136 valence electrons. The molecule has 0 saturated heterocycles. The number of carbonyl (C=O) groups is 2. The van der Waals surface area contributed by atoms with Crippen LogP contribution in [0.15, 0.2) is 18.2 Å². The van der Waals surface area contributed by atoms with Crippen LogP contribution in [0.25, 0.3) is 0 Å². The van der Waals surface area contributed by atoms with Gasteiger partial charge in [0, 0.05) is 6.54 Å². The van der Waals surface area contributed by atoms with Crippen molar-refractivity contribution in [3.63, 3.8) is 0 Å². The highest BCUT2D eigenvalue weighted by Crippen LogP contribution is 2.49. The Bertz CT molecular complexity index is 651. The molecular formula is C19H25NO5. The molecule has 0 aromatic heterocycles. The molecule has 0 unspecified atom stereocenters. The van der Waals surface area contributed by atoms with Gasteiger partial charge in [-0.3, -0.25) is 9.59 Å². The van der Waals surface area contributed by atoms with Crippen LogP contribution in [-0.2, 0) is 16.1 Å².